The average Bonchev–Trinajstić information content (AvgIpc) is 2.71. The minimum Gasteiger partial charge on any atom is -0.491 e. The van der Waals surface area contributed by atoms with Crippen molar-refractivity contribution in [2.45, 2.75) is 13.8 Å². The van der Waals surface area contributed by atoms with Crippen molar-refractivity contribution < 1.29 is 9.53 Å². The second-order valence-corrected chi connectivity index (χ2v) is 8.91. The van der Waals surface area contributed by atoms with Crippen molar-refractivity contribution in [1.82, 2.24) is 4.90 Å². The minimum atomic E-state index is -0.0777. The predicted octanol–water partition coefficient (Wildman–Crippen LogP) is 6.57. The number of carbonyl (C=O) groups excluding carboxylic acids is 1. The fraction of sp³-hybridized carbons (Fsp3) is 0.222. The topological polar surface area (TPSA) is 29.5 Å². The number of likely N-dealkylation sites (N-methyl/N-ethyl adjacent to an activating group) is 1. The van der Waals surface area contributed by atoms with Crippen LogP contribution in [0.5, 0.6) is 5.75 Å². The molecule has 3 aromatic rings. The van der Waals surface area contributed by atoms with E-state index in [1.165, 1.54) is 11.1 Å². The van der Waals surface area contributed by atoms with Crippen molar-refractivity contribution in [2.75, 3.05) is 27.2 Å². The second-order valence-electron chi connectivity index (χ2n) is 7.99. The van der Waals surface area contributed by atoms with Gasteiger partial charge in [-0.15, -0.1) is 0 Å². The van der Waals surface area contributed by atoms with E-state index < -0.39 is 0 Å². The van der Waals surface area contributed by atoms with Crippen molar-refractivity contribution in [1.29, 1.82) is 0 Å². The lowest BCUT2D eigenvalue weighted by Gasteiger charge is -2.14. The number of halogens is 1. The van der Waals surface area contributed by atoms with Crippen LogP contribution < -0.4 is 4.74 Å². The minimum absolute atomic E-state index is 0.0777. The van der Waals surface area contributed by atoms with Gasteiger partial charge >= 0.3 is 0 Å². The zero-order valence-electron chi connectivity index (χ0n) is 18.5. The summed E-state index contributed by atoms with van der Waals surface area (Å²) in [4.78, 5) is 15.2. The van der Waals surface area contributed by atoms with Crippen LogP contribution in [0.1, 0.15) is 27.0 Å². The molecule has 0 saturated carbocycles. The summed E-state index contributed by atoms with van der Waals surface area (Å²) in [6, 6.07) is 20.1. The lowest BCUT2D eigenvalue weighted by Crippen LogP contribution is -2.20. The summed E-state index contributed by atoms with van der Waals surface area (Å²) in [5.41, 5.74) is 6.03. The van der Waals surface area contributed by atoms with Crippen molar-refractivity contribution in [3.63, 3.8) is 0 Å². The van der Waals surface area contributed by atoms with E-state index in [4.69, 9.17) is 4.74 Å². The third-order valence-electron chi connectivity index (χ3n) is 4.87. The number of ketones is 1. The van der Waals surface area contributed by atoms with E-state index in [1.54, 1.807) is 6.08 Å². The molecule has 3 nitrogen and oxygen atoms in total. The van der Waals surface area contributed by atoms with Gasteiger partial charge in [0.1, 0.15) is 12.4 Å². The molecule has 0 aliphatic rings. The molecule has 160 valence electrons. The quantitative estimate of drug-likeness (QED) is 0.271. The number of nitrogens with zero attached hydrogens (tertiary/aromatic N) is 1. The normalized spacial score (nSPS) is 11.3. The number of hydrogen-bond acceptors (Lipinski definition) is 3. The fourth-order valence-corrected chi connectivity index (χ4v) is 3.80. The Morgan fingerprint density at radius 1 is 0.968 bits per heavy atom. The number of aryl methyl sites for hydroxylation is 2. The second kappa shape index (κ2) is 10.6. The molecule has 31 heavy (non-hydrogen) atoms. The van der Waals surface area contributed by atoms with Crippen LogP contribution in [0.25, 0.3) is 17.2 Å². The third kappa shape index (κ3) is 6.65. The Hall–Kier alpha value is -2.69. The van der Waals surface area contributed by atoms with Gasteiger partial charge in [-0.1, -0.05) is 69.5 Å². The van der Waals surface area contributed by atoms with Gasteiger partial charge in [-0.3, -0.25) is 4.79 Å². The standard InChI is InChI=1S/C27H28BrNO2/c1-19-14-20(2)16-23(15-19)22-9-11-27(31-13-12-29(3)4)25(18-22)26(30)10-8-21-6-5-7-24(28)17-21/h5-11,14-18H,12-13H2,1-4H3. The molecule has 3 rings (SSSR count). The van der Waals surface area contributed by atoms with E-state index in [9.17, 15) is 4.79 Å². The molecule has 0 N–H and O–H groups in total. The molecule has 0 aliphatic carbocycles. The zero-order valence-corrected chi connectivity index (χ0v) is 20.1. The first-order chi connectivity index (χ1) is 14.8. The Morgan fingerprint density at radius 3 is 2.39 bits per heavy atom. The molecule has 0 aliphatic heterocycles. The monoisotopic (exact) mass is 477 g/mol. The van der Waals surface area contributed by atoms with E-state index >= 15 is 0 Å². The average molecular weight is 478 g/mol. The highest BCUT2D eigenvalue weighted by atomic mass is 79.9. The Balaban J connectivity index is 1.95. The number of rotatable bonds is 8. The molecule has 0 unspecified atom stereocenters. The van der Waals surface area contributed by atoms with Crippen LogP contribution in [0.2, 0.25) is 0 Å². The third-order valence-corrected chi connectivity index (χ3v) is 5.37. The smallest absolute Gasteiger partial charge is 0.189 e. The zero-order chi connectivity index (χ0) is 22.4. The van der Waals surface area contributed by atoms with E-state index in [1.807, 2.05) is 62.6 Å². The van der Waals surface area contributed by atoms with Gasteiger partial charge in [0.25, 0.3) is 0 Å². The molecule has 3 aromatic carbocycles. The summed E-state index contributed by atoms with van der Waals surface area (Å²) < 4.78 is 6.95. The molecule has 0 spiro atoms. The lowest BCUT2D eigenvalue weighted by atomic mass is 9.97. The highest BCUT2D eigenvalue weighted by molar-refractivity contribution is 9.10. The molecule has 0 saturated heterocycles. The van der Waals surface area contributed by atoms with Crippen LogP contribution in [0.3, 0.4) is 0 Å². The predicted molar refractivity (Wildman–Crippen MR) is 133 cm³/mol. The molecule has 0 fully saturated rings. The van der Waals surface area contributed by atoms with Crippen LogP contribution in [0.15, 0.2) is 71.2 Å². The molecule has 0 radical (unpaired) electrons. The van der Waals surface area contributed by atoms with Crippen LogP contribution in [-0.2, 0) is 0 Å². The van der Waals surface area contributed by atoms with Gasteiger partial charge in [0.15, 0.2) is 5.78 Å². The molecular weight excluding hydrogens is 450 g/mol. The summed E-state index contributed by atoms with van der Waals surface area (Å²) in [6.45, 7) is 5.47. The summed E-state index contributed by atoms with van der Waals surface area (Å²) >= 11 is 3.47. The highest BCUT2D eigenvalue weighted by Crippen LogP contribution is 2.29. The van der Waals surface area contributed by atoms with Crippen molar-refractivity contribution in [3.8, 4) is 16.9 Å². The van der Waals surface area contributed by atoms with Gasteiger partial charge in [-0.05, 0) is 75.0 Å². The number of hydrogen-bond donors (Lipinski definition) is 0. The van der Waals surface area contributed by atoms with E-state index in [0.717, 1.165) is 27.7 Å². The summed E-state index contributed by atoms with van der Waals surface area (Å²) in [6.07, 6.45) is 3.45. The van der Waals surface area contributed by atoms with Gasteiger partial charge in [0.2, 0.25) is 0 Å². The van der Waals surface area contributed by atoms with E-state index in [0.29, 0.717) is 17.9 Å². The molecule has 0 heterocycles. The molecular formula is C27H28BrNO2. The van der Waals surface area contributed by atoms with Gasteiger partial charge in [-0.2, -0.15) is 0 Å². The lowest BCUT2D eigenvalue weighted by molar-refractivity contribution is 0.104. The van der Waals surface area contributed by atoms with Gasteiger partial charge in [0, 0.05) is 11.0 Å². The summed E-state index contributed by atoms with van der Waals surface area (Å²) in [5, 5.41) is 0. The molecule has 0 aromatic heterocycles. The first-order valence-corrected chi connectivity index (χ1v) is 11.1. The van der Waals surface area contributed by atoms with Gasteiger partial charge in [0.05, 0.1) is 5.56 Å². The molecule has 0 atom stereocenters. The van der Waals surface area contributed by atoms with E-state index in [2.05, 4.69) is 52.9 Å². The Labute approximate surface area is 193 Å². The van der Waals surface area contributed by atoms with Crippen LogP contribution >= 0.6 is 15.9 Å². The Morgan fingerprint density at radius 2 is 1.71 bits per heavy atom. The van der Waals surface area contributed by atoms with Crippen LogP contribution in [0, 0.1) is 13.8 Å². The van der Waals surface area contributed by atoms with Crippen molar-refractivity contribution in [3.05, 3.63) is 93.5 Å². The summed E-state index contributed by atoms with van der Waals surface area (Å²) in [5.74, 6) is 0.532. The summed E-state index contributed by atoms with van der Waals surface area (Å²) in [7, 11) is 4.00. The van der Waals surface area contributed by atoms with E-state index in [-0.39, 0.29) is 5.78 Å². The number of ether oxygens (including phenoxy) is 1. The maximum atomic E-state index is 13.1. The van der Waals surface area contributed by atoms with Crippen LogP contribution in [-0.4, -0.2) is 37.9 Å². The molecule has 0 amide bonds. The fourth-order valence-electron chi connectivity index (χ4n) is 3.38. The van der Waals surface area contributed by atoms with Gasteiger partial charge < -0.3 is 9.64 Å². The number of carbonyl (C=O) groups is 1. The van der Waals surface area contributed by atoms with Crippen molar-refractivity contribution >= 4 is 27.8 Å². The number of allylic oxidation sites excluding steroid dienone is 1. The van der Waals surface area contributed by atoms with Gasteiger partial charge in [-0.25, -0.2) is 0 Å². The SMILES string of the molecule is Cc1cc(C)cc(-c2ccc(OCCN(C)C)c(C(=O)C=Cc3cccc(Br)c3)c2)c1. The van der Waals surface area contributed by atoms with Crippen LogP contribution in [0.4, 0.5) is 0 Å². The highest BCUT2D eigenvalue weighted by Gasteiger charge is 2.13. The first-order valence-electron chi connectivity index (χ1n) is 10.3. The first kappa shape index (κ1) is 23.0. The Bertz CT molecular complexity index is 1080. The Kier molecular flexibility index (Phi) is 7.83. The maximum Gasteiger partial charge on any atom is 0.189 e. The largest absolute Gasteiger partial charge is 0.491 e. The molecule has 4 heteroatoms. The maximum absolute atomic E-state index is 13.1. The molecule has 0 bridgehead atoms. The van der Waals surface area contributed by atoms with Crippen molar-refractivity contribution in [2.24, 2.45) is 0 Å². The number of benzene rings is 3.